The Hall–Kier alpha value is -10.5. The van der Waals surface area contributed by atoms with Crippen LogP contribution in [0.5, 0.6) is 11.5 Å². The maximum Gasteiger partial charge on any atom is 0.519 e. The molecule has 0 fully saturated rings. The summed E-state index contributed by atoms with van der Waals surface area (Å²) in [5.74, 6) is -7.86. The van der Waals surface area contributed by atoms with Gasteiger partial charge in [-0.2, -0.15) is 0 Å². The summed E-state index contributed by atoms with van der Waals surface area (Å²) in [4.78, 5) is 149. The molecule has 29 N–H and O–H groups in total. The molecule has 7 amide bonds. The number of ether oxygens (including phenoxy) is 6. The molecule has 780 valence electrons. The zero-order valence-corrected chi connectivity index (χ0v) is 83.3. The second-order valence-electron chi connectivity index (χ2n) is 29.6. The number of likely N-dealkylation sites (N-methyl/N-ethyl adjacent to an activating group) is 3. The highest BCUT2D eigenvalue weighted by Crippen LogP contribution is 2.26. The van der Waals surface area contributed by atoms with E-state index in [1.165, 1.54) is 65.8 Å². The predicted octanol–water partition coefficient (Wildman–Crippen LogP) is 6.82. The van der Waals surface area contributed by atoms with Crippen LogP contribution in [-0.4, -0.2) is 302 Å². The number of carbonyl (C=O) groups excluding carboxylic acids is 9. The van der Waals surface area contributed by atoms with Crippen molar-refractivity contribution in [2.75, 3.05) is 46.9 Å². The van der Waals surface area contributed by atoms with E-state index in [2.05, 4.69) is 83.4 Å². The third-order valence-electron chi connectivity index (χ3n) is 11.7. The molecule has 133 heavy (non-hydrogen) atoms. The van der Waals surface area contributed by atoms with Crippen LogP contribution in [-0.2, 0) is 66.4 Å². The van der Waals surface area contributed by atoms with E-state index < -0.39 is 194 Å². The van der Waals surface area contributed by atoms with Gasteiger partial charge in [-0.1, -0.05) is 57.5 Å². The lowest BCUT2D eigenvalue weighted by Crippen LogP contribution is -2.53. The van der Waals surface area contributed by atoms with Gasteiger partial charge in [0.1, 0.15) is 69.2 Å². The van der Waals surface area contributed by atoms with E-state index in [1.807, 2.05) is 13.8 Å². The number of phenolic OH excluding ortho intramolecular Hbond substituents is 1. The number of aliphatic hydroxyl groups excluding tert-OH is 8. The molecule has 2 aromatic carbocycles. The van der Waals surface area contributed by atoms with E-state index in [-0.39, 0.29) is 48.2 Å². The minimum atomic E-state index is -1.67. The summed E-state index contributed by atoms with van der Waals surface area (Å²) in [6.45, 7) is 47.5. The summed E-state index contributed by atoms with van der Waals surface area (Å²) in [6.07, 6.45) is -10.8. The number of alkyl carbamates (subject to hydrolysis) is 3. The number of phenols is 2. The third-order valence-corrected chi connectivity index (χ3v) is 11.7. The van der Waals surface area contributed by atoms with Gasteiger partial charge in [0.25, 0.3) is 5.91 Å². The SMILES string of the molecule is C.CC(C)(C)OC(=O)OC(=O)OC(C)(C)C.CC(O)C(N)C(=O)O.CCN.CCN.CCNC(=O)[C@H](N)[C@H](C)O.CCNC(=O)[C@H](NC(=O)OC(C)(C)C)[C@H](C)O.CCNC(=O)[C@H](NC(=O)c1ccc(N=[N+]=[N-])cc1O)[C@H](C)O.CO.CO.C[C@H](O)[C@@H](NC(=O)OC(C)(C)C)C(=O)O.C[C@H](O)[C@@H](NC(=O)OC(C)(C)C)C(=O)O.Cl.O=S(Cl)Cl.[2H]CC.[N-]=[N+]=Nc1ccc(C(=O)O)c(O)c1. The van der Waals surface area contributed by atoms with Gasteiger partial charge in [-0.25, -0.2) is 42.6 Å². The lowest BCUT2D eigenvalue weighted by molar-refractivity contribution is -0.143. The van der Waals surface area contributed by atoms with Crippen LogP contribution in [0.15, 0.2) is 46.6 Å². The number of halogens is 3. The van der Waals surface area contributed by atoms with Gasteiger partial charge in [0, 0.05) is 77.8 Å². The lowest BCUT2D eigenvalue weighted by atomic mass is 10.1. The Morgan fingerprint density at radius 1 is 0.451 bits per heavy atom. The molecule has 0 heterocycles. The van der Waals surface area contributed by atoms with Gasteiger partial charge in [0.05, 0.1) is 42.2 Å². The molecule has 0 saturated heterocycles. The molecular weight excluding hydrogens is 1860 g/mol. The predicted molar refractivity (Wildman–Crippen MR) is 501 cm³/mol. The quantitative estimate of drug-likeness (QED) is 0.0103. The molecule has 2 rings (SSSR count). The number of aliphatic hydroxyl groups is 8. The Kier molecular flexibility index (Phi) is 97.2. The summed E-state index contributed by atoms with van der Waals surface area (Å²) >= 11 is 0. The number of nitrogens with one attached hydrogen (secondary N) is 7. The van der Waals surface area contributed by atoms with Crippen molar-refractivity contribution in [2.24, 2.45) is 33.2 Å². The first-order valence-corrected chi connectivity index (χ1v) is 41.8. The van der Waals surface area contributed by atoms with Crippen molar-refractivity contribution >= 4 is 132 Å². The number of carboxylic acid groups (broad SMARTS) is 4. The third kappa shape index (κ3) is 100. The number of hydrogen-bond acceptors (Lipinski definition) is 36. The molecule has 0 aliphatic heterocycles. The number of aromatic carboxylic acids is 1. The molecule has 0 aromatic heterocycles. The number of carboxylic acids is 4. The number of aliphatic carboxylic acids is 3. The van der Waals surface area contributed by atoms with Gasteiger partial charge in [0.2, 0.25) is 26.9 Å². The van der Waals surface area contributed by atoms with E-state index in [0.717, 1.165) is 39.4 Å². The van der Waals surface area contributed by atoms with Crippen LogP contribution in [0.3, 0.4) is 0 Å². The first-order chi connectivity index (χ1) is 60.1. The molecule has 0 bridgehead atoms. The molecule has 51 nitrogen and oxygen atoms in total. The topological polar surface area (TPSA) is 863 Å². The van der Waals surface area contributed by atoms with Crippen molar-refractivity contribution in [3.05, 3.63) is 68.4 Å². The summed E-state index contributed by atoms with van der Waals surface area (Å²) in [5.41, 5.74) is 32.8. The molecule has 2 unspecified atom stereocenters. The number of azide groups is 2. The number of nitrogens with zero attached hydrogens (tertiary/aromatic N) is 6. The Balaban J connectivity index is -0.000000101. The number of carbonyl (C=O) groups is 13. The molecular formula is C78H152Cl3N17O34S. The normalized spacial score (nSPS) is 12.6. The zero-order chi connectivity index (χ0) is 107. The van der Waals surface area contributed by atoms with Crippen molar-refractivity contribution < 1.29 is 168 Å². The van der Waals surface area contributed by atoms with Gasteiger partial charge in [-0.05, 0) is 215 Å². The van der Waals surface area contributed by atoms with Crippen LogP contribution >= 0.6 is 33.8 Å². The number of benzene rings is 2. The van der Waals surface area contributed by atoms with Crippen LogP contribution in [0.25, 0.3) is 20.9 Å². The molecule has 2 aromatic rings. The van der Waals surface area contributed by atoms with E-state index in [9.17, 15) is 77.6 Å². The van der Waals surface area contributed by atoms with Crippen LogP contribution < -0.4 is 60.2 Å². The maximum absolute atomic E-state index is 12.1. The van der Waals surface area contributed by atoms with E-state index in [0.29, 0.717) is 26.5 Å². The first kappa shape index (κ1) is 151. The molecule has 0 radical (unpaired) electrons. The van der Waals surface area contributed by atoms with Gasteiger partial charge < -0.3 is 160 Å². The fraction of sp³-hybridized carbons (Fsp3) is 0.679. The molecule has 12 atom stereocenters. The lowest BCUT2D eigenvalue weighted by Gasteiger charge is -2.24. The minimum absolute atomic E-state index is 0. The van der Waals surface area contributed by atoms with Gasteiger partial charge in [0.15, 0.2) is 12.1 Å². The largest absolute Gasteiger partial charge is 0.519 e. The van der Waals surface area contributed by atoms with Gasteiger partial charge in [-0.15, -0.1) is 12.4 Å². The average Bonchev–Trinajstić information content (AvgIpc) is 0.928. The van der Waals surface area contributed by atoms with Crippen molar-refractivity contribution in [1.29, 1.82) is 0 Å². The molecule has 0 saturated carbocycles. The fourth-order valence-corrected chi connectivity index (χ4v) is 6.65. The van der Waals surface area contributed by atoms with Gasteiger partial charge >= 0.3 is 54.5 Å². The number of hydrogen-bond donors (Lipinski definition) is 25. The van der Waals surface area contributed by atoms with E-state index in [1.54, 1.807) is 132 Å². The molecule has 0 aliphatic carbocycles. The summed E-state index contributed by atoms with van der Waals surface area (Å²) in [5, 5.41) is 144. The molecule has 55 heteroatoms. The number of nitrogens with two attached hydrogens (primary N) is 4. The van der Waals surface area contributed by atoms with Gasteiger partial charge in [-0.3, -0.25) is 24.0 Å². The number of aromatic hydroxyl groups is 2. The Morgan fingerprint density at radius 2 is 0.684 bits per heavy atom. The van der Waals surface area contributed by atoms with E-state index >= 15 is 0 Å². The second-order valence-corrected chi connectivity index (χ2v) is 32.2. The highest BCUT2D eigenvalue weighted by Gasteiger charge is 2.32. The van der Waals surface area contributed by atoms with Crippen LogP contribution in [0, 0.1) is 0 Å². The van der Waals surface area contributed by atoms with Crippen LogP contribution in [0.1, 0.15) is 223 Å². The van der Waals surface area contributed by atoms with Crippen molar-refractivity contribution in [1.82, 2.24) is 37.2 Å². The smallest absolute Gasteiger partial charge is 0.507 e. The summed E-state index contributed by atoms with van der Waals surface area (Å²) in [7, 11) is 9.36. The maximum atomic E-state index is 12.1. The highest BCUT2D eigenvalue weighted by molar-refractivity contribution is 8.26. The average molecular weight is 2010 g/mol. The van der Waals surface area contributed by atoms with Crippen molar-refractivity contribution in [3.8, 4) is 11.5 Å². The molecule has 0 spiro atoms. The highest BCUT2D eigenvalue weighted by atomic mass is 36.0. The molecule has 0 aliphatic rings. The monoisotopic (exact) mass is 2010 g/mol. The summed E-state index contributed by atoms with van der Waals surface area (Å²) < 4.78 is 43.8. The second kappa shape index (κ2) is 85.7. The Morgan fingerprint density at radius 3 is 0.872 bits per heavy atom. The van der Waals surface area contributed by atoms with Crippen molar-refractivity contribution in [2.45, 2.75) is 302 Å². The standard InChI is InChI=1S/C13H17N5O4.C11H22N2O4.C10H18O5.2C9H17NO5.C7H5N3O3.C6H14N2O2.C4H9NO3.2C2H7N.C2H6.2CH4O.CH4.Cl2OS.ClH/c1-3-15-13(22)11(7(2)19)16-12(21)9-5-4-8(17-18-14)6-10(9)20;1-6-12-9(15)8(7(2)14)13-10(16)17-11(3,4)5;1-9(2,3)14-7(11)13-8(12)15-10(4,5)6;2*1-5(11)6(7(12)13)10-8(14)15-9(2,3)4;8-10-9-4-1-2-5(7(12)13)6(11)3-4;1-3-8-6(10)5(7)4(2)9;1-2(6)3(5)4(7)8;2*1-2-3;3*1-2;;1-4(2)3;/h4-7,11,19-20H,3H2,1-2H3,(H,15,22)(H,16,21);7-8,14H,6H2,1-5H3,(H,12,15)(H,13,16);1-6H3;2*5-6,11H,1-4H3,(H,10,14)(H,12,13);1-3,11H,(H,12,13);4-5,9H,3,7H2,1-2H3,(H,8,10);2-3,6H,5H2,1H3,(H,7,8);2*2-3H2,1H3;1-2H3;2*2H,1H3;1H4;;1H/t7-,11+;7-,8+;;2*5-,6+;;4-,5+;;;;;;;;;/m00.00.0........./s1/i;;;;;;;;;;1D;;;;;. The zero-order valence-electron chi connectivity index (χ0n) is 81.1. The van der Waals surface area contributed by atoms with Crippen LogP contribution in [0.2, 0.25) is 0 Å². The summed E-state index contributed by atoms with van der Waals surface area (Å²) in [6, 6.07) is 0.443. The van der Waals surface area contributed by atoms with Crippen molar-refractivity contribution in [3.63, 3.8) is 0 Å². The Bertz CT molecular complexity index is 3640. The van der Waals surface area contributed by atoms with E-state index in [4.69, 9.17) is 119 Å². The van der Waals surface area contributed by atoms with Crippen LogP contribution in [0.4, 0.5) is 35.3 Å². The minimum Gasteiger partial charge on any atom is -0.507 e. The Labute approximate surface area is 796 Å². The number of rotatable bonds is 23. The first-order valence-electron chi connectivity index (χ1n) is 39.7. The number of amides is 7. The fourth-order valence-electron chi connectivity index (χ4n) is 6.65.